The molecule has 1 aliphatic carbocycles. The lowest BCUT2D eigenvalue weighted by molar-refractivity contribution is -0.141. The summed E-state index contributed by atoms with van der Waals surface area (Å²) in [6.45, 7) is 4.30. The molecule has 0 heterocycles. The molecule has 0 aromatic carbocycles. The normalized spacial score (nSPS) is 22.0. The standard InChI is InChI=1S/C14H27N3O3/c1-4-7-17(9-8-16(2)3)14(20)15-12-6-5-11(10-12)13(18)19/h11-12H,4-10H2,1-3H3,(H,15,20)(H,18,19). The van der Waals surface area contributed by atoms with Gasteiger partial charge in [-0.15, -0.1) is 0 Å². The van der Waals surface area contributed by atoms with Gasteiger partial charge in [0, 0.05) is 25.7 Å². The third-order valence-electron chi connectivity index (χ3n) is 3.71. The number of rotatable bonds is 7. The lowest BCUT2D eigenvalue weighted by Crippen LogP contribution is -2.46. The molecule has 0 bridgehead atoms. The van der Waals surface area contributed by atoms with Gasteiger partial charge in [-0.2, -0.15) is 0 Å². The summed E-state index contributed by atoms with van der Waals surface area (Å²) in [6.07, 6.45) is 2.89. The zero-order chi connectivity index (χ0) is 15.1. The molecule has 0 aliphatic heterocycles. The highest BCUT2D eigenvalue weighted by atomic mass is 16.4. The number of aliphatic carboxylic acids is 1. The van der Waals surface area contributed by atoms with Gasteiger partial charge in [0.05, 0.1) is 5.92 Å². The van der Waals surface area contributed by atoms with Crippen LogP contribution in [-0.4, -0.2) is 66.7 Å². The highest BCUT2D eigenvalue weighted by molar-refractivity contribution is 5.75. The summed E-state index contributed by atoms with van der Waals surface area (Å²) < 4.78 is 0. The maximum Gasteiger partial charge on any atom is 0.317 e. The molecule has 0 radical (unpaired) electrons. The second-order valence-electron chi connectivity index (χ2n) is 5.78. The molecule has 0 saturated heterocycles. The SMILES string of the molecule is CCCN(CCN(C)C)C(=O)NC1CCC(C(=O)O)C1. The maximum atomic E-state index is 12.2. The molecule has 2 amide bonds. The Balaban J connectivity index is 2.43. The second-order valence-corrected chi connectivity index (χ2v) is 5.78. The average Bonchev–Trinajstić information content (AvgIpc) is 2.82. The molecule has 0 aromatic heterocycles. The van der Waals surface area contributed by atoms with Crippen LogP contribution in [0, 0.1) is 5.92 Å². The Morgan fingerprint density at radius 2 is 1.90 bits per heavy atom. The van der Waals surface area contributed by atoms with Gasteiger partial charge >= 0.3 is 12.0 Å². The van der Waals surface area contributed by atoms with Gasteiger partial charge < -0.3 is 20.2 Å². The summed E-state index contributed by atoms with van der Waals surface area (Å²) >= 11 is 0. The minimum atomic E-state index is -0.750. The van der Waals surface area contributed by atoms with Crippen molar-refractivity contribution in [3.05, 3.63) is 0 Å². The number of nitrogens with one attached hydrogen (secondary N) is 1. The van der Waals surface area contributed by atoms with Crippen LogP contribution in [0.3, 0.4) is 0 Å². The smallest absolute Gasteiger partial charge is 0.317 e. The molecule has 2 N–H and O–H groups in total. The van der Waals surface area contributed by atoms with Crippen molar-refractivity contribution >= 4 is 12.0 Å². The molecular weight excluding hydrogens is 258 g/mol. The number of carbonyl (C=O) groups excluding carboxylic acids is 1. The van der Waals surface area contributed by atoms with Gasteiger partial charge in [-0.3, -0.25) is 4.79 Å². The van der Waals surface area contributed by atoms with E-state index in [0.29, 0.717) is 19.4 Å². The number of likely N-dealkylation sites (N-methyl/N-ethyl adjacent to an activating group) is 1. The van der Waals surface area contributed by atoms with Crippen molar-refractivity contribution in [2.75, 3.05) is 33.7 Å². The Kier molecular flexibility index (Phi) is 6.78. The van der Waals surface area contributed by atoms with Gasteiger partial charge in [-0.05, 0) is 39.8 Å². The molecule has 6 nitrogen and oxygen atoms in total. The molecule has 0 spiro atoms. The molecule has 1 rings (SSSR count). The second kappa shape index (κ2) is 8.09. The summed E-state index contributed by atoms with van der Waals surface area (Å²) in [6, 6.07) is -0.0629. The molecule has 20 heavy (non-hydrogen) atoms. The molecule has 1 fully saturated rings. The number of carboxylic acids is 1. The van der Waals surface area contributed by atoms with Crippen LogP contribution in [0.2, 0.25) is 0 Å². The zero-order valence-corrected chi connectivity index (χ0v) is 12.8. The van der Waals surface area contributed by atoms with Crippen molar-refractivity contribution in [3.63, 3.8) is 0 Å². The quantitative estimate of drug-likeness (QED) is 0.738. The predicted octanol–water partition coefficient (Wildman–Crippen LogP) is 1.22. The fourth-order valence-electron chi connectivity index (χ4n) is 2.51. The summed E-state index contributed by atoms with van der Waals surface area (Å²) in [5, 5.41) is 12.0. The van der Waals surface area contributed by atoms with Crippen LogP contribution in [0.25, 0.3) is 0 Å². The fraction of sp³-hybridized carbons (Fsp3) is 0.857. The lowest BCUT2D eigenvalue weighted by atomic mass is 10.1. The van der Waals surface area contributed by atoms with E-state index < -0.39 is 5.97 Å². The Labute approximate surface area is 121 Å². The van der Waals surface area contributed by atoms with Gasteiger partial charge in [-0.25, -0.2) is 4.79 Å². The van der Waals surface area contributed by atoms with E-state index in [0.717, 1.165) is 25.9 Å². The fourth-order valence-corrected chi connectivity index (χ4v) is 2.51. The molecule has 1 saturated carbocycles. The van der Waals surface area contributed by atoms with Gasteiger partial charge in [0.1, 0.15) is 0 Å². The van der Waals surface area contributed by atoms with Crippen LogP contribution in [0.1, 0.15) is 32.6 Å². The highest BCUT2D eigenvalue weighted by Crippen LogP contribution is 2.25. The third kappa shape index (κ3) is 5.36. The van der Waals surface area contributed by atoms with Crippen LogP contribution in [0.4, 0.5) is 4.79 Å². The molecular formula is C14H27N3O3. The van der Waals surface area contributed by atoms with Crippen molar-refractivity contribution < 1.29 is 14.7 Å². The number of carbonyl (C=O) groups is 2. The summed E-state index contributed by atoms with van der Waals surface area (Å²) in [5.41, 5.74) is 0. The Morgan fingerprint density at radius 1 is 1.20 bits per heavy atom. The lowest BCUT2D eigenvalue weighted by Gasteiger charge is -2.26. The van der Waals surface area contributed by atoms with E-state index in [2.05, 4.69) is 5.32 Å². The summed E-state index contributed by atoms with van der Waals surface area (Å²) in [4.78, 5) is 27.0. The zero-order valence-electron chi connectivity index (χ0n) is 12.8. The maximum absolute atomic E-state index is 12.2. The summed E-state index contributed by atoms with van der Waals surface area (Å²) in [7, 11) is 3.97. The largest absolute Gasteiger partial charge is 0.481 e. The summed E-state index contributed by atoms with van der Waals surface area (Å²) in [5.74, 6) is -1.05. The number of hydrogen-bond donors (Lipinski definition) is 2. The molecule has 2 atom stereocenters. The number of amides is 2. The first-order valence-corrected chi connectivity index (χ1v) is 7.37. The van der Waals surface area contributed by atoms with Crippen LogP contribution in [0.5, 0.6) is 0 Å². The van der Waals surface area contributed by atoms with Crippen molar-refractivity contribution in [2.45, 2.75) is 38.6 Å². The van der Waals surface area contributed by atoms with E-state index in [1.807, 2.05) is 30.8 Å². The Morgan fingerprint density at radius 3 is 2.40 bits per heavy atom. The minimum absolute atomic E-state index is 0.00214. The van der Waals surface area contributed by atoms with Crippen molar-refractivity contribution in [3.8, 4) is 0 Å². The number of hydrogen-bond acceptors (Lipinski definition) is 3. The van der Waals surface area contributed by atoms with E-state index in [4.69, 9.17) is 5.11 Å². The number of urea groups is 1. The van der Waals surface area contributed by atoms with Gasteiger partial charge in [-0.1, -0.05) is 6.92 Å². The molecule has 6 heteroatoms. The van der Waals surface area contributed by atoms with E-state index in [1.165, 1.54) is 0 Å². The van der Waals surface area contributed by atoms with Crippen molar-refractivity contribution in [2.24, 2.45) is 5.92 Å². The Hall–Kier alpha value is -1.30. The molecule has 0 aromatic rings. The average molecular weight is 285 g/mol. The minimum Gasteiger partial charge on any atom is -0.481 e. The van der Waals surface area contributed by atoms with E-state index in [-0.39, 0.29) is 18.0 Å². The number of nitrogens with zero attached hydrogens (tertiary/aromatic N) is 2. The first-order valence-electron chi connectivity index (χ1n) is 7.37. The first kappa shape index (κ1) is 16.8. The Bertz CT molecular complexity index is 334. The van der Waals surface area contributed by atoms with Crippen LogP contribution in [0.15, 0.2) is 0 Å². The van der Waals surface area contributed by atoms with Crippen LogP contribution in [-0.2, 0) is 4.79 Å². The van der Waals surface area contributed by atoms with Crippen LogP contribution >= 0.6 is 0 Å². The topological polar surface area (TPSA) is 72.9 Å². The number of carboxylic acid groups (broad SMARTS) is 1. The first-order chi connectivity index (χ1) is 9.43. The van der Waals surface area contributed by atoms with E-state index >= 15 is 0 Å². The predicted molar refractivity (Wildman–Crippen MR) is 77.7 cm³/mol. The monoisotopic (exact) mass is 285 g/mol. The van der Waals surface area contributed by atoms with Crippen molar-refractivity contribution in [1.82, 2.24) is 15.1 Å². The van der Waals surface area contributed by atoms with Gasteiger partial charge in [0.15, 0.2) is 0 Å². The van der Waals surface area contributed by atoms with Crippen molar-refractivity contribution in [1.29, 1.82) is 0 Å². The highest BCUT2D eigenvalue weighted by Gasteiger charge is 2.31. The van der Waals surface area contributed by atoms with Gasteiger partial charge in [0.2, 0.25) is 0 Å². The van der Waals surface area contributed by atoms with Gasteiger partial charge in [0.25, 0.3) is 0 Å². The van der Waals surface area contributed by atoms with E-state index in [9.17, 15) is 9.59 Å². The molecule has 2 unspecified atom stereocenters. The van der Waals surface area contributed by atoms with E-state index in [1.54, 1.807) is 0 Å². The van der Waals surface area contributed by atoms with Crippen LogP contribution < -0.4 is 5.32 Å². The third-order valence-corrected chi connectivity index (χ3v) is 3.71. The molecule has 1 aliphatic rings. The molecule has 116 valence electrons.